The zero-order valence-corrected chi connectivity index (χ0v) is 24.4. The van der Waals surface area contributed by atoms with Crippen molar-refractivity contribution in [3.63, 3.8) is 0 Å². The molecule has 1 aliphatic rings. The molecule has 0 unspecified atom stereocenters. The van der Waals surface area contributed by atoms with E-state index in [1.165, 1.54) is 5.56 Å². The minimum Gasteiger partial charge on any atom is -0.313 e. The van der Waals surface area contributed by atoms with Gasteiger partial charge in [0.05, 0.1) is 17.9 Å². The number of thiazole rings is 1. The van der Waals surface area contributed by atoms with E-state index in [4.69, 9.17) is 0 Å². The molecule has 2 aromatic heterocycles. The summed E-state index contributed by atoms with van der Waals surface area (Å²) in [6.07, 6.45) is 4.58. The summed E-state index contributed by atoms with van der Waals surface area (Å²) in [5, 5.41) is 3.16. The van der Waals surface area contributed by atoms with Crippen molar-refractivity contribution in [3.05, 3.63) is 69.9 Å². The number of carbonyl (C=O) groups is 2. The molecule has 3 heterocycles. The van der Waals surface area contributed by atoms with Crippen LogP contribution in [0.3, 0.4) is 0 Å². The van der Waals surface area contributed by atoms with Gasteiger partial charge in [-0.1, -0.05) is 12.1 Å². The first kappa shape index (κ1) is 30.7. The van der Waals surface area contributed by atoms with Crippen molar-refractivity contribution in [3.8, 4) is 0 Å². The van der Waals surface area contributed by atoms with E-state index in [1.54, 1.807) is 48.2 Å². The van der Waals surface area contributed by atoms with Crippen molar-refractivity contribution >= 4 is 59.3 Å². The molecule has 2 amide bonds. The number of pyridine rings is 1. The number of rotatable bonds is 8. The molecule has 1 aliphatic heterocycles. The summed E-state index contributed by atoms with van der Waals surface area (Å²) < 4.78 is 0. The van der Waals surface area contributed by atoms with Crippen LogP contribution in [-0.4, -0.2) is 46.8 Å². The lowest BCUT2D eigenvalue weighted by molar-refractivity contribution is -0.137. The van der Waals surface area contributed by atoms with Gasteiger partial charge in [0.15, 0.2) is 0 Å². The van der Waals surface area contributed by atoms with E-state index < -0.39 is 5.41 Å². The van der Waals surface area contributed by atoms with Gasteiger partial charge in [0.1, 0.15) is 10.4 Å². The van der Waals surface area contributed by atoms with Crippen molar-refractivity contribution in [2.45, 2.75) is 47.2 Å². The molecule has 0 bridgehead atoms. The van der Waals surface area contributed by atoms with Crippen LogP contribution in [0.4, 0.5) is 11.4 Å². The molecule has 0 atom stereocenters. The van der Waals surface area contributed by atoms with Gasteiger partial charge in [-0.3, -0.25) is 19.5 Å². The second kappa shape index (κ2) is 12.8. The normalized spacial score (nSPS) is 14.6. The Kier molecular flexibility index (Phi) is 10.6. The Balaban J connectivity index is 0.00000241. The third-order valence-corrected chi connectivity index (χ3v) is 7.45. The lowest BCUT2D eigenvalue weighted by atomic mass is 9.90. The zero-order valence-electron chi connectivity index (χ0n) is 21.9. The van der Waals surface area contributed by atoms with E-state index in [1.807, 2.05) is 32.2 Å². The van der Waals surface area contributed by atoms with Crippen molar-refractivity contribution in [1.29, 1.82) is 0 Å². The number of nitrogens with zero attached hydrogens (tertiary/aromatic N) is 5. The fourth-order valence-corrected chi connectivity index (χ4v) is 5.33. The van der Waals surface area contributed by atoms with Crippen LogP contribution in [0, 0.1) is 12.3 Å². The van der Waals surface area contributed by atoms with Crippen LogP contribution in [0.1, 0.15) is 42.6 Å². The third-order valence-electron chi connectivity index (χ3n) is 6.50. The molecular weight excluding hydrogens is 529 g/mol. The summed E-state index contributed by atoms with van der Waals surface area (Å²) in [5.41, 5.74) is 3.76. The summed E-state index contributed by atoms with van der Waals surface area (Å²) in [6, 6.07) is 10.2. The maximum atomic E-state index is 13.2. The summed E-state index contributed by atoms with van der Waals surface area (Å²) in [6.45, 7) is 10.2. The number of hydrogen-bond acceptors (Lipinski definition) is 6. The lowest BCUT2D eigenvalue weighted by Gasteiger charge is -2.27. The SMILES string of the molecule is CCN1C(=O)C(C)(C)C(=O)N(C)c2cc(CN(CCc3cccnc3)Cc3nc(C)cs3)ccc21.Cl.Cl. The molecule has 4 rings (SSSR count). The molecule has 7 nitrogen and oxygen atoms in total. The average molecular weight is 565 g/mol. The molecule has 1 aromatic carbocycles. The highest BCUT2D eigenvalue weighted by Gasteiger charge is 2.45. The Morgan fingerprint density at radius 3 is 2.41 bits per heavy atom. The smallest absolute Gasteiger partial charge is 0.242 e. The van der Waals surface area contributed by atoms with E-state index in [2.05, 4.69) is 38.4 Å². The quantitative estimate of drug-likeness (QED) is 0.348. The number of halogens is 2. The molecule has 37 heavy (non-hydrogen) atoms. The number of aromatic nitrogens is 2. The minimum absolute atomic E-state index is 0. The van der Waals surface area contributed by atoms with Gasteiger partial charge in [-0.15, -0.1) is 36.2 Å². The number of fused-ring (bicyclic) bond motifs is 1. The second-order valence-corrected chi connectivity index (χ2v) is 10.5. The van der Waals surface area contributed by atoms with Gasteiger partial charge in [-0.25, -0.2) is 4.98 Å². The van der Waals surface area contributed by atoms with E-state index in [-0.39, 0.29) is 36.6 Å². The first-order valence-electron chi connectivity index (χ1n) is 12.0. The van der Waals surface area contributed by atoms with Gasteiger partial charge < -0.3 is 9.80 Å². The Morgan fingerprint density at radius 2 is 1.78 bits per heavy atom. The standard InChI is InChI=1S/C27H33N5O2S.2ClH/c1-6-32-22-10-9-21(14-23(22)30(5)25(33)27(3,4)26(32)34)16-31(17-24-29-19(2)18-35-24)13-11-20-8-7-12-28-15-20;;/h7-10,12,14-15,18H,6,11,13,16-17H2,1-5H3;2*1H. The highest BCUT2D eigenvalue weighted by molar-refractivity contribution is 7.09. The predicted octanol–water partition coefficient (Wildman–Crippen LogP) is 5.29. The monoisotopic (exact) mass is 563 g/mol. The van der Waals surface area contributed by atoms with Gasteiger partial charge in [-0.2, -0.15) is 0 Å². The molecule has 0 saturated carbocycles. The van der Waals surface area contributed by atoms with Crippen LogP contribution < -0.4 is 9.80 Å². The Labute approximate surface area is 235 Å². The molecule has 3 aromatic rings. The fourth-order valence-electron chi connectivity index (χ4n) is 4.52. The topological polar surface area (TPSA) is 69.6 Å². The van der Waals surface area contributed by atoms with Gasteiger partial charge in [0, 0.05) is 50.1 Å². The number of carbonyl (C=O) groups excluding carboxylic acids is 2. The molecule has 200 valence electrons. The molecular formula is C27H35Cl2N5O2S. The largest absolute Gasteiger partial charge is 0.313 e. The summed E-state index contributed by atoms with van der Waals surface area (Å²) in [5.74, 6) is -0.357. The molecule has 10 heteroatoms. The molecule has 0 N–H and O–H groups in total. The fraction of sp³-hybridized carbons (Fsp3) is 0.407. The maximum absolute atomic E-state index is 13.2. The van der Waals surface area contributed by atoms with Crippen molar-refractivity contribution < 1.29 is 9.59 Å². The Morgan fingerprint density at radius 1 is 1.03 bits per heavy atom. The first-order valence-corrected chi connectivity index (χ1v) is 12.8. The molecule has 0 fully saturated rings. The van der Waals surface area contributed by atoms with Gasteiger partial charge in [0.25, 0.3) is 0 Å². The Bertz CT molecular complexity index is 1220. The number of anilines is 2. The van der Waals surface area contributed by atoms with E-state index in [0.717, 1.165) is 47.2 Å². The second-order valence-electron chi connectivity index (χ2n) is 9.57. The number of hydrogen-bond donors (Lipinski definition) is 0. The van der Waals surface area contributed by atoms with Crippen LogP contribution in [0.5, 0.6) is 0 Å². The lowest BCUT2D eigenvalue weighted by Crippen LogP contribution is -2.47. The minimum atomic E-state index is -1.11. The van der Waals surface area contributed by atoms with Crippen LogP contribution >= 0.6 is 36.2 Å². The Hall–Kier alpha value is -2.52. The maximum Gasteiger partial charge on any atom is 0.242 e. The summed E-state index contributed by atoms with van der Waals surface area (Å²) in [7, 11) is 1.76. The molecule has 0 aliphatic carbocycles. The number of benzene rings is 1. The van der Waals surface area contributed by atoms with Gasteiger partial charge in [0.2, 0.25) is 11.8 Å². The molecule has 0 spiro atoms. The molecule has 0 saturated heterocycles. The predicted molar refractivity (Wildman–Crippen MR) is 155 cm³/mol. The number of aryl methyl sites for hydroxylation is 1. The van der Waals surface area contributed by atoms with E-state index >= 15 is 0 Å². The zero-order chi connectivity index (χ0) is 25.2. The van der Waals surface area contributed by atoms with Crippen molar-refractivity contribution in [1.82, 2.24) is 14.9 Å². The van der Waals surface area contributed by atoms with Gasteiger partial charge in [-0.05, 0) is 63.4 Å². The van der Waals surface area contributed by atoms with Crippen molar-refractivity contribution in [2.24, 2.45) is 5.41 Å². The summed E-state index contributed by atoms with van der Waals surface area (Å²) >= 11 is 1.68. The van der Waals surface area contributed by atoms with Crippen molar-refractivity contribution in [2.75, 3.05) is 29.9 Å². The van der Waals surface area contributed by atoms with E-state index in [0.29, 0.717) is 13.1 Å². The molecule has 0 radical (unpaired) electrons. The van der Waals surface area contributed by atoms with Crippen LogP contribution in [0.25, 0.3) is 0 Å². The van der Waals surface area contributed by atoms with Gasteiger partial charge >= 0.3 is 0 Å². The van der Waals surface area contributed by atoms with Crippen LogP contribution in [0.2, 0.25) is 0 Å². The highest BCUT2D eigenvalue weighted by atomic mass is 35.5. The van der Waals surface area contributed by atoms with Crippen LogP contribution in [-0.2, 0) is 29.1 Å². The number of amides is 2. The van der Waals surface area contributed by atoms with E-state index in [9.17, 15) is 9.59 Å². The highest BCUT2D eigenvalue weighted by Crippen LogP contribution is 2.39. The third kappa shape index (κ3) is 6.68. The van der Waals surface area contributed by atoms with Crippen LogP contribution in [0.15, 0.2) is 48.1 Å². The first-order chi connectivity index (χ1) is 16.7. The average Bonchev–Trinajstić information content (AvgIpc) is 3.25. The summed E-state index contributed by atoms with van der Waals surface area (Å²) in [4.78, 5) is 41.0.